The predicted molar refractivity (Wildman–Crippen MR) is 155 cm³/mol. The lowest BCUT2D eigenvalue weighted by atomic mass is 9.93. The van der Waals surface area contributed by atoms with Gasteiger partial charge in [0, 0.05) is 42.5 Å². The van der Waals surface area contributed by atoms with Gasteiger partial charge in [-0.3, -0.25) is 14.6 Å². The second-order valence-corrected chi connectivity index (χ2v) is 10.4. The van der Waals surface area contributed by atoms with Gasteiger partial charge in [0.2, 0.25) is 0 Å². The van der Waals surface area contributed by atoms with Crippen LogP contribution < -0.4 is 16.2 Å². The van der Waals surface area contributed by atoms with E-state index in [2.05, 4.69) is 10.3 Å². The maximum Gasteiger partial charge on any atom is 0.417 e. The van der Waals surface area contributed by atoms with Crippen LogP contribution in [-0.4, -0.2) is 46.8 Å². The molecular weight excluding hydrogens is 644 g/mol. The van der Waals surface area contributed by atoms with Gasteiger partial charge in [0.15, 0.2) is 0 Å². The standard InChI is InChI=1S/C31H26F8N4O4/c1-4-23(31(37,38)39)41-16-13-20(32)25(21(33)14-16)27(44)42-22(29(46)47-3)12-15-7-8-18(26-17(15)6-5-10-40-26)24-19(30(34,35)36)9-11-43(2)28(24)45/h5-11,13-14,22-23,41H,4,12H2,1-3H3,(H,42,44)/t22-,23+/m0/s1. The van der Waals surface area contributed by atoms with E-state index < -0.39 is 88.7 Å². The Morgan fingerprint density at radius 1 is 1.02 bits per heavy atom. The molecule has 4 aromatic rings. The van der Waals surface area contributed by atoms with Crippen molar-refractivity contribution >= 4 is 28.5 Å². The first kappa shape index (κ1) is 34.8. The molecule has 0 aliphatic rings. The Labute approximate surface area is 261 Å². The number of hydrogen-bond acceptors (Lipinski definition) is 6. The van der Waals surface area contributed by atoms with Crippen LogP contribution >= 0.6 is 0 Å². The minimum atomic E-state index is -4.89. The van der Waals surface area contributed by atoms with Crippen LogP contribution in [-0.2, 0) is 29.2 Å². The predicted octanol–water partition coefficient (Wildman–Crippen LogP) is 6.16. The molecule has 0 aliphatic carbocycles. The van der Waals surface area contributed by atoms with Crippen LogP contribution in [0.15, 0.2) is 59.7 Å². The monoisotopic (exact) mass is 670 g/mol. The van der Waals surface area contributed by atoms with Gasteiger partial charge in [-0.2, -0.15) is 26.3 Å². The van der Waals surface area contributed by atoms with E-state index >= 15 is 0 Å². The third kappa shape index (κ3) is 7.36. The van der Waals surface area contributed by atoms with Crippen molar-refractivity contribution in [3.05, 3.63) is 93.5 Å². The highest BCUT2D eigenvalue weighted by atomic mass is 19.4. The summed E-state index contributed by atoms with van der Waals surface area (Å²) in [4.78, 5) is 42.8. The maximum absolute atomic E-state index is 14.9. The Morgan fingerprint density at radius 3 is 2.26 bits per heavy atom. The number of aromatic nitrogens is 2. The number of ether oxygens (including phenoxy) is 1. The molecule has 2 aromatic heterocycles. The summed E-state index contributed by atoms with van der Waals surface area (Å²) in [6.45, 7) is 1.21. The molecule has 47 heavy (non-hydrogen) atoms. The van der Waals surface area contributed by atoms with E-state index in [1.165, 1.54) is 44.4 Å². The zero-order valence-corrected chi connectivity index (χ0v) is 24.8. The quantitative estimate of drug-likeness (QED) is 0.163. The van der Waals surface area contributed by atoms with Crippen LogP contribution in [0.4, 0.5) is 40.8 Å². The lowest BCUT2D eigenvalue weighted by Gasteiger charge is -2.22. The number of anilines is 1. The van der Waals surface area contributed by atoms with E-state index in [-0.39, 0.29) is 22.0 Å². The van der Waals surface area contributed by atoms with E-state index in [1.807, 2.05) is 5.32 Å². The van der Waals surface area contributed by atoms with Gasteiger partial charge in [0.25, 0.3) is 11.5 Å². The average Bonchev–Trinajstić information content (AvgIpc) is 2.99. The van der Waals surface area contributed by atoms with Gasteiger partial charge >= 0.3 is 18.3 Å². The molecule has 0 unspecified atom stereocenters. The molecule has 0 radical (unpaired) electrons. The fraction of sp³-hybridized carbons (Fsp3) is 0.290. The number of carbonyl (C=O) groups is 2. The summed E-state index contributed by atoms with van der Waals surface area (Å²) in [5.41, 5.74) is -4.56. The minimum absolute atomic E-state index is 0.0434. The summed E-state index contributed by atoms with van der Waals surface area (Å²) in [6.07, 6.45) is -8.23. The van der Waals surface area contributed by atoms with Crippen LogP contribution in [0, 0.1) is 11.6 Å². The van der Waals surface area contributed by atoms with Crippen LogP contribution in [0.2, 0.25) is 0 Å². The van der Waals surface area contributed by atoms with E-state index in [9.17, 15) is 49.5 Å². The Morgan fingerprint density at radius 2 is 1.68 bits per heavy atom. The summed E-state index contributed by atoms with van der Waals surface area (Å²) in [5, 5.41) is 4.31. The van der Waals surface area contributed by atoms with Gasteiger partial charge < -0.3 is 19.9 Å². The number of esters is 1. The smallest absolute Gasteiger partial charge is 0.417 e. The summed E-state index contributed by atoms with van der Waals surface area (Å²) >= 11 is 0. The van der Waals surface area contributed by atoms with E-state index in [1.54, 1.807) is 0 Å². The number of nitrogens with zero attached hydrogens (tertiary/aromatic N) is 2. The number of aryl methyl sites for hydroxylation is 1. The fourth-order valence-corrected chi connectivity index (χ4v) is 5.01. The molecule has 2 heterocycles. The molecule has 0 saturated carbocycles. The van der Waals surface area contributed by atoms with Gasteiger partial charge in [-0.15, -0.1) is 0 Å². The first-order valence-corrected chi connectivity index (χ1v) is 13.8. The summed E-state index contributed by atoms with van der Waals surface area (Å²) in [7, 11) is 2.25. The van der Waals surface area contributed by atoms with Crippen molar-refractivity contribution in [2.45, 2.75) is 44.2 Å². The van der Waals surface area contributed by atoms with Gasteiger partial charge in [-0.1, -0.05) is 25.1 Å². The molecule has 4 rings (SSSR count). The molecule has 250 valence electrons. The van der Waals surface area contributed by atoms with Crippen molar-refractivity contribution in [3.8, 4) is 11.1 Å². The minimum Gasteiger partial charge on any atom is -0.467 e. The highest BCUT2D eigenvalue weighted by molar-refractivity contribution is 5.99. The van der Waals surface area contributed by atoms with Crippen molar-refractivity contribution < 1.29 is 49.4 Å². The van der Waals surface area contributed by atoms with Gasteiger partial charge in [-0.05, 0) is 36.2 Å². The van der Waals surface area contributed by atoms with Crippen molar-refractivity contribution in [3.63, 3.8) is 0 Å². The van der Waals surface area contributed by atoms with Crippen molar-refractivity contribution in [1.29, 1.82) is 0 Å². The zero-order chi connectivity index (χ0) is 34.8. The average molecular weight is 671 g/mol. The number of halogens is 8. The molecule has 1 amide bonds. The van der Waals surface area contributed by atoms with E-state index in [4.69, 9.17) is 4.74 Å². The Balaban J connectivity index is 1.71. The number of carbonyl (C=O) groups excluding carboxylic acids is 2. The van der Waals surface area contributed by atoms with Crippen LogP contribution in [0.3, 0.4) is 0 Å². The molecule has 0 aliphatic heterocycles. The summed E-state index contributed by atoms with van der Waals surface area (Å²) in [6, 6.07) is 3.42. The SMILES string of the molecule is CC[C@@H](Nc1cc(F)c(C(=O)N[C@@H](Cc2ccc(-c3c(C(F)(F)F)ccn(C)c3=O)c3ncccc23)C(=O)OC)c(F)c1)C(F)(F)F. The fourth-order valence-electron chi connectivity index (χ4n) is 5.01. The first-order chi connectivity index (χ1) is 22.0. The number of amides is 1. The molecule has 8 nitrogen and oxygen atoms in total. The Kier molecular flexibility index (Phi) is 9.92. The molecule has 2 aromatic carbocycles. The number of rotatable bonds is 9. The molecule has 0 saturated heterocycles. The highest BCUT2D eigenvalue weighted by Gasteiger charge is 2.39. The number of pyridine rings is 2. The van der Waals surface area contributed by atoms with Gasteiger partial charge in [0.05, 0.1) is 23.8 Å². The number of fused-ring (bicyclic) bond motifs is 1. The Bertz CT molecular complexity index is 1870. The number of benzene rings is 2. The van der Waals surface area contributed by atoms with Crippen molar-refractivity contribution in [1.82, 2.24) is 14.9 Å². The van der Waals surface area contributed by atoms with E-state index in [0.717, 1.165) is 23.9 Å². The van der Waals surface area contributed by atoms with Gasteiger partial charge in [0.1, 0.15) is 29.3 Å². The van der Waals surface area contributed by atoms with Crippen molar-refractivity contribution in [2.24, 2.45) is 7.05 Å². The summed E-state index contributed by atoms with van der Waals surface area (Å²) < 4.78 is 117. The molecule has 0 fully saturated rings. The lowest BCUT2D eigenvalue weighted by Crippen LogP contribution is -2.43. The second-order valence-electron chi connectivity index (χ2n) is 10.4. The molecule has 0 bridgehead atoms. The first-order valence-electron chi connectivity index (χ1n) is 13.8. The number of nitrogens with one attached hydrogen (secondary N) is 2. The molecule has 2 atom stereocenters. The largest absolute Gasteiger partial charge is 0.467 e. The zero-order valence-electron chi connectivity index (χ0n) is 24.8. The van der Waals surface area contributed by atoms with Crippen LogP contribution in [0.25, 0.3) is 22.0 Å². The second kappa shape index (κ2) is 13.4. The maximum atomic E-state index is 14.9. The normalized spacial score (nSPS) is 13.3. The van der Waals surface area contributed by atoms with Crippen molar-refractivity contribution in [2.75, 3.05) is 12.4 Å². The molecule has 2 N–H and O–H groups in total. The molecule has 0 spiro atoms. The lowest BCUT2D eigenvalue weighted by molar-refractivity contribution is -0.143. The molecule has 16 heteroatoms. The van der Waals surface area contributed by atoms with Gasteiger partial charge in [-0.25, -0.2) is 13.6 Å². The highest BCUT2D eigenvalue weighted by Crippen LogP contribution is 2.38. The third-order valence-corrected chi connectivity index (χ3v) is 7.33. The summed E-state index contributed by atoms with van der Waals surface area (Å²) in [5.74, 6) is -5.54. The number of methoxy groups -OCH3 is 1. The van der Waals surface area contributed by atoms with Crippen LogP contribution in [0.5, 0.6) is 0 Å². The third-order valence-electron chi connectivity index (χ3n) is 7.33. The Hall–Kier alpha value is -5.02. The number of alkyl halides is 6. The number of hydrogen-bond donors (Lipinski definition) is 2. The van der Waals surface area contributed by atoms with E-state index in [0.29, 0.717) is 12.1 Å². The molecular formula is C31H26F8N4O4. The van der Waals surface area contributed by atoms with Crippen LogP contribution in [0.1, 0.15) is 34.8 Å². The topological polar surface area (TPSA) is 102 Å².